The molecule has 26 heavy (non-hydrogen) atoms. The average Bonchev–Trinajstić information content (AvgIpc) is 2.68. The number of carbonyl (C=O) groups is 1. The Bertz CT molecular complexity index is 727. The van der Waals surface area contributed by atoms with Crippen LogP contribution in [0.4, 0.5) is 17.2 Å². The van der Waals surface area contributed by atoms with Crippen molar-refractivity contribution in [2.45, 2.75) is 38.6 Å². The molecule has 1 aliphatic heterocycles. The Kier molecular flexibility index (Phi) is 5.71. The number of anilines is 3. The molecular formula is C20H27N5O. The summed E-state index contributed by atoms with van der Waals surface area (Å²) in [6.07, 6.45) is 4.76. The molecule has 1 aromatic carbocycles. The van der Waals surface area contributed by atoms with Gasteiger partial charge in [-0.25, -0.2) is 0 Å². The number of benzene rings is 1. The number of rotatable bonds is 5. The Morgan fingerprint density at radius 2 is 1.92 bits per heavy atom. The van der Waals surface area contributed by atoms with Crippen molar-refractivity contribution in [2.24, 2.45) is 0 Å². The van der Waals surface area contributed by atoms with E-state index in [1.54, 1.807) is 6.07 Å². The number of piperidine rings is 1. The molecule has 0 radical (unpaired) electrons. The molecule has 1 saturated heterocycles. The predicted molar refractivity (Wildman–Crippen MR) is 106 cm³/mol. The zero-order chi connectivity index (χ0) is 18.5. The maximum Gasteiger partial charge on any atom is 0.276 e. The molecule has 1 aliphatic rings. The van der Waals surface area contributed by atoms with Gasteiger partial charge in [0.05, 0.1) is 0 Å². The summed E-state index contributed by atoms with van der Waals surface area (Å²) in [4.78, 5) is 16.7. The zero-order valence-corrected chi connectivity index (χ0v) is 15.8. The quantitative estimate of drug-likeness (QED) is 0.890. The molecule has 1 fully saturated rings. The van der Waals surface area contributed by atoms with Gasteiger partial charge in [-0.2, -0.15) is 0 Å². The van der Waals surface area contributed by atoms with Gasteiger partial charge >= 0.3 is 0 Å². The molecule has 1 atom stereocenters. The van der Waals surface area contributed by atoms with Gasteiger partial charge in [0.2, 0.25) is 0 Å². The zero-order valence-electron chi connectivity index (χ0n) is 15.8. The minimum absolute atomic E-state index is 0.243. The van der Waals surface area contributed by atoms with Crippen LogP contribution in [-0.4, -0.2) is 42.8 Å². The van der Waals surface area contributed by atoms with E-state index in [1.807, 2.05) is 49.3 Å². The standard InChI is InChI=1S/C20H27N5O/c1-4-16-7-5-6-14-25(16)19-13-12-18(22-23-19)20(26)21-15-8-10-17(11-9-15)24(2)3/h8-13,16H,4-7,14H2,1-3H3,(H,21,26). The van der Waals surface area contributed by atoms with Crippen LogP contribution in [0.3, 0.4) is 0 Å². The molecule has 0 spiro atoms. The van der Waals surface area contributed by atoms with E-state index in [1.165, 1.54) is 19.3 Å². The van der Waals surface area contributed by atoms with Crippen molar-refractivity contribution < 1.29 is 4.79 Å². The van der Waals surface area contributed by atoms with Crippen molar-refractivity contribution in [1.82, 2.24) is 10.2 Å². The van der Waals surface area contributed by atoms with Crippen molar-refractivity contribution in [3.63, 3.8) is 0 Å². The monoisotopic (exact) mass is 353 g/mol. The molecule has 1 N–H and O–H groups in total. The summed E-state index contributed by atoms with van der Waals surface area (Å²) in [5, 5.41) is 11.3. The van der Waals surface area contributed by atoms with Crippen LogP contribution in [0, 0.1) is 0 Å². The Balaban J connectivity index is 1.66. The topological polar surface area (TPSA) is 61.4 Å². The molecule has 1 aromatic heterocycles. The number of nitrogens with one attached hydrogen (secondary N) is 1. The molecule has 0 aliphatic carbocycles. The summed E-state index contributed by atoms with van der Waals surface area (Å²) in [6, 6.07) is 11.9. The van der Waals surface area contributed by atoms with Gasteiger partial charge < -0.3 is 15.1 Å². The normalized spacial score (nSPS) is 17.0. The Morgan fingerprint density at radius 3 is 2.54 bits per heavy atom. The van der Waals surface area contributed by atoms with Gasteiger partial charge in [0.25, 0.3) is 5.91 Å². The minimum Gasteiger partial charge on any atom is -0.378 e. The van der Waals surface area contributed by atoms with Crippen molar-refractivity contribution in [1.29, 1.82) is 0 Å². The van der Waals surface area contributed by atoms with Gasteiger partial charge in [-0.15, -0.1) is 10.2 Å². The molecule has 1 unspecified atom stereocenters. The van der Waals surface area contributed by atoms with Crippen LogP contribution in [0.2, 0.25) is 0 Å². The maximum atomic E-state index is 12.4. The van der Waals surface area contributed by atoms with Gasteiger partial charge in [0, 0.05) is 38.1 Å². The first kappa shape index (κ1) is 18.2. The van der Waals surface area contributed by atoms with E-state index in [0.717, 1.165) is 30.2 Å². The van der Waals surface area contributed by atoms with Crippen LogP contribution in [-0.2, 0) is 0 Å². The number of aromatic nitrogens is 2. The molecule has 2 heterocycles. The molecule has 1 amide bonds. The fourth-order valence-corrected chi connectivity index (χ4v) is 3.36. The fraction of sp³-hybridized carbons (Fsp3) is 0.450. The van der Waals surface area contributed by atoms with E-state index >= 15 is 0 Å². The van der Waals surface area contributed by atoms with Gasteiger partial charge in [0.1, 0.15) is 0 Å². The highest BCUT2D eigenvalue weighted by Crippen LogP contribution is 2.24. The largest absolute Gasteiger partial charge is 0.378 e. The van der Waals surface area contributed by atoms with Crippen LogP contribution in [0.15, 0.2) is 36.4 Å². The Morgan fingerprint density at radius 1 is 1.15 bits per heavy atom. The Hall–Kier alpha value is -2.63. The number of hydrogen-bond acceptors (Lipinski definition) is 5. The average molecular weight is 353 g/mol. The first-order chi connectivity index (χ1) is 12.6. The second-order valence-corrected chi connectivity index (χ2v) is 6.92. The van der Waals surface area contributed by atoms with Crippen LogP contribution in [0.1, 0.15) is 43.1 Å². The van der Waals surface area contributed by atoms with E-state index < -0.39 is 0 Å². The van der Waals surface area contributed by atoms with Crippen molar-refractivity contribution in [3.05, 3.63) is 42.1 Å². The third-order valence-corrected chi connectivity index (χ3v) is 4.92. The first-order valence-electron chi connectivity index (χ1n) is 9.27. The molecule has 138 valence electrons. The Labute approximate surface area is 155 Å². The molecule has 2 aromatic rings. The fourth-order valence-electron chi connectivity index (χ4n) is 3.36. The second kappa shape index (κ2) is 8.17. The highest BCUT2D eigenvalue weighted by molar-refractivity contribution is 6.02. The highest BCUT2D eigenvalue weighted by atomic mass is 16.1. The lowest BCUT2D eigenvalue weighted by molar-refractivity contribution is 0.102. The maximum absolute atomic E-state index is 12.4. The molecule has 0 bridgehead atoms. The van der Waals surface area contributed by atoms with Crippen LogP contribution < -0.4 is 15.1 Å². The molecular weight excluding hydrogens is 326 g/mol. The lowest BCUT2D eigenvalue weighted by atomic mass is 10.0. The van der Waals surface area contributed by atoms with Crippen LogP contribution in [0.5, 0.6) is 0 Å². The van der Waals surface area contributed by atoms with Gasteiger partial charge in [0.15, 0.2) is 11.5 Å². The van der Waals surface area contributed by atoms with Crippen molar-refractivity contribution >= 4 is 23.1 Å². The molecule has 0 saturated carbocycles. The van der Waals surface area contributed by atoms with Crippen LogP contribution in [0.25, 0.3) is 0 Å². The van der Waals surface area contributed by atoms with Gasteiger partial charge in [-0.1, -0.05) is 6.92 Å². The third kappa shape index (κ3) is 4.12. The molecule has 3 rings (SSSR count). The molecule has 6 heteroatoms. The van der Waals surface area contributed by atoms with E-state index in [-0.39, 0.29) is 5.91 Å². The van der Waals surface area contributed by atoms with E-state index in [0.29, 0.717) is 11.7 Å². The number of carbonyl (C=O) groups excluding carboxylic acids is 1. The SMILES string of the molecule is CCC1CCCCN1c1ccc(C(=O)Nc2ccc(N(C)C)cc2)nn1. The summed E-state index contributed by atoms with van der Waals surface area (Å²) in [5.41, 5.74) is 2.16. The van der Waals surface area contributed by atoms with Crippen molar-refractivity contribution in [2.75, 3.05) is 35.8 Å². The first-order valence-corrected chi connectivity index (χ1v) is 9.27. The van der Waals surface area contributed by atoms with Crippen LogP contribution >= 0.6 is 0 Å². The summed E-state index contributed by atoms with van der Waals surface area (Å²) in [6.45, 7) is 3.22. The number of hydrogen-bond donors (Lipinski definition) is 1. The summed E-state index contributed by atoms with van der Waals surface area (Å²) >= 11 is 0. The van der Waals surface area contributed by atoms with Gasteiger partial charge in [-0.05, 0) is 62.1 Å². The number of nitrogens with zero attached hydrogens (tertiary/aromatic N) is 4. The van der Waals surface area contributed by atoms with Crippen molar-refractivity contribution in [3.8, 4) is 0 Å². The van der Waals surface area contributed by atoms with E-state index in [9.17, 15) is 4.79 Å². The van der Waals surface area contributed by atoms with Gasteiger partial charge in [-0.3, -0.25) is 4.79 Å². The molecule has 6 nitrogen and oxygen atoms in total. The van der Waals surface area contributed by atoms with E-state index in [4.69, 9.17) is 0 Å². The smallest absolute Gasteiger partial charge is 0.276 e. The summed E-state index contributed by atoms with van der Waals surface area (Å²) < 4.78 is 0. The van der Waals surface area contributed by atoms with E-state index in [2.05, 4.69) is 27.3 Å². The second-order valence-electron chi connectivity index (χ2n) is 6.92. The lowest BCUT2D eigenvalue weighted by Gasteiger charge is -2.35. The summed E-state index contributed by atoms with van der Waals surface area (Å²) in [7, 11) is 3.96. The minimum atomic E-state index is -0.243. The third-order valence-electron chi connectivity index (χ3n) is 4.92. The highest BCUT2D eigenvalue weighted by Gasteiger charge is 2.22. The predicted octanol–water partition coefficient (Wildman–Crippen LogP) is 3.56. The lowest BCUT2D eigenvalue weighted by Crippen LogP contribution is -2.39. The number of amides is 1. The summed E-state index contributed by atoms with van der Waals surface area (Å²) in [5.74, 6) is 0.621.